The lowest BCUT2D eigenvalue weighted by Crippen LogP contribution is -2.51. The molecule has 0 saturated carbocycles. The Morgan fingerprint density at radius 1 is 1.20 bits per heavy atom. The minimum atomic E-state index is -4.63. The minimum absolute atomic E-state index is 0.151. The van der Waals surface area contributed by atoms with E-state index >= 15 is 0 Å². The third-order valence-corrected chi connectivity index (χ3v) is 7.45. The number of esters is 1. The van der Waals surface area contributed by atoms with Crippen LogP contribution in [0.5, 0.6) is 0 Å². The summed E-state index contributed by atoms with van der Waals surface area (Å²) in [4.78, 5) is 46.4. The molecule has 0 aliphatic carbocycles. The standard InChI is InChI=1S/C28H31F3N10O4/c1-2-15-11-17(38-24-25-36-14-20(41(25)10-7-34-24)19-13-37-39-22(19)28(29,30)31)3-4-18(15)26(43)35-6-9-40-8-5-16(32)12-21(40)45-27(44)23(33)42/h3-4,7,10-11,13-14,16,21H,2,5-6,8-9,12,32H2,1H3,(H2,33,42)(H,34,38)(H,35,43)(H,37,39). The van der Waals surface area contributed by atoms with Gasteiger partial charge in [-0.1, -0.05) is 6.92 Å². The Morgan fingerprint density at radius 2 is 2.00 bits per heavy atom. The number of aryl methyl sites for hydroxylation is 1. The first-order valence-electron chi connectivity index (χ1n) is 14.1. The van der Waals surface area contributed by atoms with Gasteiger partial charge in [0.15, 0.2) is 17.7 Å². The predicted octanol–water partition coefficient (Wildman–Crippen LogP) is 1.95. The van der Waals surface area contributed by atoms with Crippen molar-refractivity contribution in [1.82, 2.24) is 34.8 Å². The third-order valence-electron chi connectivity index (χ3n) is 7.45. The normalized spacial score (nSPS) is 17.3. The molecular formula is C28H31F3N10O4. The van der Waals surface area contributed by atoms with Gasteiger partial charge in [-0.25, -0.2) is 14.8 Å². The average Bonchev–Trinajstić information content (AvgIpc) is 3.66. The molecule has 1 fully saturated rings. The average molecular weight is 629 g/mol. The van der Waals surface area contributed by atoms with E-state index in [4.69, 9.17) is 16.2 Å². The van der Waals surface area contributed by atoms with Gasteiger partial charge in [-0.3, -0.25) is 24.0 Å². The smallest absolute Gasteiger partial charge is 0.433 e. The van der Waals surface area contributed by atoms with Gasteiger partial charge in [0.1, 0.15) is 5.69 Å². The Morgan fingerprint density at radius 3 is 2.73 bits per heavy atom. The highest BCUT2D eigenvalue weighted by Crippen LogP contribution is 2.36. The van der Waals surface area contributed by atoms with Gasteiger partial charge in [0.25, 0.3) is 5.91 Å². The largest absolute Gasteiger partial charge is 0.439 e. The number of aromatic amines is 1. The third kappa shape index (κ3) is 6.88. The maximum atomic E-state index is 13.5. The first-order chi connectivity index (χ1) is 21.5. The number of halogens is 3. The molecule has 2 amide bonds. The number of ether oxygens (including phenoxy) is 1. The number of alkyl halides is 3. The molecule has 4 aromatic rings. The molecule has 1 aromatic carbocycles. The predicted molar refractivity (Wildman–Crippen MR) is 155 cm³/mol. The van der Waals surface area contributed by atoms with Gasteiger partial charge in [-0.05, 0) is 36.6 Å². The fourth-order valence-electron chi connectivity index (χ4n) is 5.20. The quantitative estimate of drug-likeness (QED) is 0.135. The van der Waals surface area contributed by atoms with Crippen molar-refractivity contribution in [2.45, 2.75) is 44.6 Å². The van der Waals surface area contributed by atoms with Crippen LogP contribution in [0.15, 0.2) is 43.0 Å². The molecule has 0 radical (unpaired) electrons. The highest BCUT2D eigenvalue weighted by molar-refractivity contribution is 6.31. The van der Waals surface area contributed by atoms with Crippen molar-refractivity contribution >= 4 is 34.9 Å². The molecule has 0 spiro atoms. The van der Waals surface area contributed by atoms with E-state index in [-0.39, 0.29) is 29.8 Å². The number of nitrogens with zero attached hydrogens (tertiary/aromatic N) is 5. The number of fused-ring (bicyclic) bond motifs is 1. The topological polar surface area (TPSA) is 199 Å². The van der Waals surface area contributed by atoms with Crippen molar-refractivity contribution in [3.63, 3.8) is 0 Å². The van der Waals surface area contributed by atoms with E-state index in [9.17, 15) is 27.6 Å². The number of likely N-dealkylation sites (tertiary alicyclic amines) is 1. The monoisotopic (exact) mass is 628 g/mol. The van der Waals surface area contributed by atoms with E-state index in [0.717, 1.165) is 11.8 Å². The van der Waals surface area contributed by atoms with Crippen LogP contribution in [0.1, 0.15) is 41.4 Å². The number of H-pyrrole nitrogens is 1. The molecule has 3 aromatic heterocycles. The Balaban J connectivity index is 1.27. The van der Waals surface area contributed by atoms with Gasteiger partial charge in [0.05, 0.1) is 23.7 Å². The van der Waals surface area contributed by atoms with E-state index in [1.54, 1.807) is 18.2 Å². The number of benzene rings is 1. The fraction of sp³-hybridized carbons (Fsp3) is 0.357. The van der Waals surface area contributed by atoms with E-state index in [0.29, 0.717) is 55.1 Å². The number of carbonyl (C=O) groups is 3. The zero-order valence-corrected chi connectivity index (χ0v) is 24.1. The van der Waals surface area contributed by atoms with E-state index in [1.807, 2.05) is 16.9 Å². The first-order valence-corrected chi connectivity index (χ1v) is 14.1. The van der Waals surface area contributed by atoms with Gasteiger partial charge >= 0.3 is 18.1 Å². The van der Waals surface area contributed by atoms with Gasteiger partial charge < -0.3 is 26.8 Å². The van der Waals surface area contributed by atoms with Gasteiger partial charge in [-0.15, -0.1) is 0 Å². The number of carbonyl (C=O) groups excluding carboxylic acids is 3. The van der Waals surface area contributed by atoms with Crippen molar-refractivity contribution < 1.29 is 32.3 Å². The Kier molecular flexibility index (Phi) is 9.01. The lowest BCUT2D eigenvalue weighted by molar-refractivity contribution is -0.168. The van der Waals surface area contributed by atoms with Crippen LogP contribution in [0.4, 0.5) is 24.7 Å². The number of nitrogens with two attached hydrogens (primary N) is 2. The molecule has 1 aliphatic heterocycles. The second-order valence-corrected chi connectivity index (χ2v) is 10.4. The van der Waals surface area contributed by atoms with Crippen LogP contribution in [0.25, 0.3) is 16.9 Å². The molecular weight excluding hydrogens is 597 g/mol. The molecule has 1 saturated heterocycles. The number of hydrogen-bond donors (Lipinski definition) is 5. The summed E-state index contributed by atoms with van der Waals surface area (Å²) in [6, 6.07) is 4.93. The van der Waals surface area contributed by atoms with Crippen LogP contribution >= 0.6 is 0 Å². The molecule has 45 heavy (non-hydrogen) atoms. The van der Waals surface area contributed by atoms with E-state index in [2.05, 4.69) is 25.7 Å². The number of nitrogens with one attached hydrogen (secondary N) is 3. The molecule has 0 bridgehead atoms. The molecule has 17 heteroatoms. The highest BCUT2D eigenvalue weighted by Gasteiger charge is 2.37. The number of imidazole rings is 1. The number of rotatable bonds is 9. The number of amides is 2. The summed E-state index contributed by atoms with van der Waals surface area (Å²) in [5, 5.41) is 11.6. The van der Waals surface area contributed by atoms with Crippen LogP contribution in [-0.2, 0) is 26.9 Å². The van der Waals surface area contributed by atoms with Crippen LogP contribution in [0, 0.1) is 0 Å². The second kappa shape index (κ2) is 12.9. The minimum Gasteiger partial charge on any atom is -0.439 e. The Labute approximate surface area is 254 Å². The summed E-state index contributed by atoms with van der Waals surface area (Å²) < 4.78 is 47.0. The molecule has 5 rings (SSSR count). The number of anilines is 2. The van der Waals surface area contributed by atoms with E-state index in [1.165, 1.54) is 23.0 Å². The number of primary amides is 1. The molecule has 2 atom stereocenters. The highest BCUT2D eigenvalue weighted by atomic mass is 19.4. The van der Waals surface area contributed by atoms with Crippen molar-refractivity contribution in [2.24, 2.45) is 11.5 Å². The van der Waals surface area contributed by atoms with Crippen molar-refractivity contribution in [3.8, 4) is 11.3 Å². The van der Waals surface area contributed by atoms with Crippen molar-refractivity contribution in [3.05, 3.63) is 59.8 Å². The molecule has 14 nitrogen and oxygen atoms in total. The molecule has 7 N–H and O–H groups in total. The lowest BCUT2D eigenvalue weighted by atomic mass is 10.0. The summed E-state index contributed by atoms with van der Waals surface area (Å²) in [6.45, 7) is 3.00. The number of hydrogen-bond acceptors (Lipinski definition) is 10. The second-order valence-electron chi connectivity index (χ2n) is 10.4. The van der Waals surface area contributed by atoms with Gasteiger partial charge in [0.2, 0.25) is 0 Å². The Bertz CT molecular complexity index is 1720. The summed E-state index contributed by atoms with van der Waals surface area (Å²) in [5.41, 5.74) is 12.1. The SMILES string of the molecule is CCc1cc(Nc2nccn3c(-c4cn[nH]c4C(F)(F)F)cnc23)ccc1C(=O)NCCN1CCC(N)CC1OC(=O)C(N)=O. The zero-order valence-electron chi connectivity index (χ0n) is 24.1. The molecule has 1 aliphatic rings. The van der Waals surface area contributed by atoms with Crippen molar-refractivity contribution in [1.29, 1.82) is 0 Å². The fourth-order valence-corrected chi connectivity index (χ4v) is 5.20. The first kappa shape index (κ1) is 31.4. The van der Waals surface area contributed by atoms with Gasteiger partial charge in [-0.2, -0.15) is 18.3 Å². The maximum Gasteiger partial charge on any atom is 0.433 e. The summed E-state index contributed by atoms with van der Waals surface area (Å²) >= 11 is 0. The summed E-state index contributed by atoms with van der Waals surface area (Å²) in [5.74, 6) is -2.34. The van der Waals surface area contributed by atoms with Gasteiger partial charge in [0, 0.05) is 55.7 Å². The maximum absolute atomic E-state index is 13.5. The number of piperidine rings is 1. The Hall–Kier alpha value is -5.03. The summed E-state index contributed by atoms with van der Waals surface area (Å²) in [6.07, 6.45) is 1.52. The van der Waals surface area contributed by atoms with E-state index < -0.39 is 30.0 Å². The molecule has 238 valence electrons. The van der Waals surface area contributed by atoms with Crippen LogP contribution in [-0.4, -0.2) is 79.2 Å². The zero-order chi connectivity index (χ0) is 32.3. The molecule has 4 heterocycles. The molecule has 2 unspecified atom stereocenters. The van der Waals surface area contributed by atoms with Crippen LogP contribution in [0.3, 0.4) is 0 Å². The van der Waals surface area contributed by atoms with Crippen LogP contribution < -0.4 is 22.1 Å². The van der Waals surface area contributed by atoms with Crippen LogP contribution in [0.2, 0.25) is 0 Å². The number of aromatic nitrogens is 5. The van der Waals surface area contributed by atoms with Crippen molar-refractivity contribution in [2.75, 3.05) is 25.0 Å². The lowest BCUT2D eigenvalue weighted by Gasteiger charge is -2.37. The summed E-state index contributed by atoms with van der Waals surface area (Å²) in [7, 11) is 0.